The smallest absolute Gasteiger partial charge is 0.141 e. The summed E-state index contributed by atoms with van der Waals surface area (Å²) in [7, 11) is 0. The number of pyridine rings is 1. The normalized spacial score (nSPS) is 14.1. The highest BCUT2D eigenvalue weighted by Crippen LogP contribution is 2.28. The highest BCUT2D eigenvalue weighted by molar-refractivity contribution is 6.31. The highest BCUT2D eigenvalue weighted by Gasteiger charge is 2.28. The quantitative estimate of drug-likeness (QED) is 0.926. The van der Waals surface area contributed by atoms with Crippen LogP contribution < -0.4 is 5.73 Å². The molecule has 2 rings (SSSR count). The largest absolute Gasteiger partial charge is 0.320 e. The summed E-state index contributed by atoms with van der Waals surface area (Å²) in [5, 5.41) is 0.688. The van der Waals surface area contributed by atoms with Gasteiger partial charge in [-0.2, -0.15) is 0 Å². The molecule has 100 valence electrons. The third-order valence-corrected chi connectivity index (χ3v) is 3.70. The minimum absolute atomic E-state index is 0.361. The van der Waals surface area contributed by atoms with Gasteiger partial charge in [-0.05, 0) is 36.6 Å². The second kappa shape index (κ2) is 5.68. The zero-order valence-electron chi connectivity index (χ0n) is 10.7. The van der Waals surface area contributed by atoms with Gasteiger partial charge in [-0.15, -0.1) is 0 Å². The topological polar surface area (TPSA) is 38.9 Å². The van der Waals surface area contributed by atoms with E-state index in [0.29, 0.717) is 23.6 Å². The molecule has 2 nitrogen and oxygen atoms in total. The van der Waals surface area contributed by atoms with Gasteiger partial charge in [0.25, 0.3) is 0 Å². The Labute approximate surface area is 117 Å². The second-order valence-electron chi connectivity index (χ2n) is 4.64. The van der Waals surface area contributed by atoms with E-state index in [1.165, 1.54) is 12.3 Å². The minimum Gasteiger partial charge on any atom is -0.320 e. The lowest BCUT2D eigenvalue weighted by Gasteiger charge is -2.28. The van der Waals surface area contributed by atoms with Gasteiger partial charge in [0, 0.05) is 5.02 Å². The number of aromatic nitrogens is 1. The van der Waals surface area contributed by atoms with Crippen molar-refractivity contribution in [3.63, 3.8) is 0 Å². The van der Waals surface area contributed by atoms with Crippen molar-refractivity contribution >= 4 is 11.6 Å². The van der Waals surface area contributed by atoms with Crippen LogP contribution in [0.2, 0.25) is 5.02 Å². The number of halogens is 2. The summed E-state index contributed by atoms with van der Waals surface area (Å²) in [5.41, 5.74) is 7.43. The number of nitrogens with two attached hydrogens (primary N) is 1. The molecule has 0 spiro atoms. The first-order valence-electron chi connectivity index (χ1n) is 6.19. The van der Waals surface area contributed by atoms with Gasteiger partial charge >= 0.3 is 0 Å². The Bertz CT molecular complexity index is 556. The number of hydrogen-bond donors (Lipinski definition) is 1. The average molecular weight is 279 g/mol. The van der Waals surface area contributed by atoms with Crippen LogP contribution >= 0.6 is 11.6 Å². The Morgan fingerprint density at radius 3 is 2.58 bits per heavy atom. The van der Waals surface area contributed by atoms with Crippen molar-refractivity contribution in [2.24, 2.45) is 5.73 Å². The molecule has 2 N–H and O–H groups in total. The van der Waals surface area contributed by atoms with E-state index >= 15 is 0 Å². The van der Waals surface area contributed by atoms with E-state index in [0.717, 1.165) is 5.56 Å². The van der Waals surface area contributed by atoms with Crippen LogP contribution in [-0.4, -0.2) is 4.98 Å². The average Bonchev–Trinajstić information content (AvgIpc) is 2.42. The molecule has 0 aliphatic heterocycles. The molecular formula is C15H16ClFN2. The van der Waals surface area contributed by atoms with Crippen molar-refractivity contribution in [2.75, 3.05) is 0 Å². The van der Waals surface area contributed by atoms with Crippen molar-refractivity contribution in [2.45, 2.75) is 25.3 Å². The molecule has 1 aromatic carbocycles. The first kappa shape index (κ1) is 14.0. The van der Waals surface area contributed by atoms with Crippen LogP contribution in [0.4, 0.5) is 4.39 Å². The summed E-state index contributed by atoms with van der Waals surface area (Å²) >= 11 is 6.16. The fraction of sp³-hybridized carbons (Fsp3) is 0.267. The molecule has 1 aromatic heterocycles. The first-order valence-corrected chi connectivity index (χ1v) is 6.57. The number of benzene rings is 1. The van der Waals surface area contributed by atoms with E-state index in [1.807, 2.05) is 31.2 Å². The lowest BCUT2D eigenvalue weighted by molar-refractivity contribution is 0.411. The predicted octanol–water partition coefficient (Wildman–Crippen LogP) is 3.68. The van der Waals surface area contributed by atoms with Crippen LogP contribution in [0, 0.1) is 5.82 Å². The van der Waals surface area contributed by atoms with E-state index in [9.17, 15) is 4.39 Å². The van der Waals surface area contributed by atoms with E-state index < -0.39 is 5.54 Å². The summed E-state index contributed by atoms with van der Waals surface area (Å²) < 4.78 is 12.9. The van der Waals surface area contributed by atoms with Crippen molar-refractivity contribution in [3.05, 3.63) is 64.7 Å². The molecule has 1 atom stereocenters. The molecule has 1 heterocycles. The zero-order chi connectivity index (χ0) is 13.9. The van der Waals surface area contributed by atoms with Gasteiger partial charge in [-0.25, -0.2) is 4.39 Å². The summed E-state index contributed by atoms with van der Waals surface area (Å²) in [6.07, 6.45) is 2.46. The molecule has 0 bridgehead atoms. The molecule has 0 fully saturated rings. The summed E-state index contributed by atoms with van der Waals surface area (Å²) in [6.45, 7) is 1.99. The van der Waals surface area contributed by atoms with Crippen LogP contribution in [0.1, 0.15) is 24.6 Å². The maximum absolute atomic E-state index is 12.9. The molecule has 4 heteroatoms. The van der Waals surface area contributed by atoms with Crippen molar-refractivity contribution < 1.29 is 4.39 Å². The molecule has 19 heavy (non-hydrogen) atoms. The molecule has 2 aromatic rings. The van der Waals surface area contributed by atoms with Gasteiger partial charge in [0.05, 0.1) is 17.4 Å². The molecule has 0 aliphatic carbocycles. The van der Waals surface area contributed by atoms with Gasteiger partial charge in [-0.1, -0.05) is 36.7 Å². The number of nitrogens with zero attached hydrogens (tertiary/aromatic N) is 1. The van der Waals surface area contributed by atoms with Crippen LogP contribution in [0.25, 0.3) is 0 Å². The SMILES string of the molecule is CCC(N)(Cc1ccccc1Cl)c1ccc(F)cn1. The number of rotatable bonds is 4. The predicted molar refractivity (Wildman–Crippen MR) is 75.5 cm³/mol. The Hall–Kier alpha value is -1.45. The zero-order valence-corrected chi connectivity index (χ0v) is 11.5. The molecule has 1 unspecified atom stereocenters. The molecule has 0 aliphatic rings. The van der Waals surface area contributed by atoms with Gasteiger partial charge in [0.2, 0.25) is 0 Å². The van der Waals surface area contributed by atoms with Crippen LogP contribution in [-0.2, 0) is 12.0 Å². The van der Waals surface area contributed by atoms with Crippen molar-refractivity contribution in [3.8, 4) is 0 Å². The van der Waals surface area contributed by atoms with Gasteiger partial charge in [-0.3, -0.25) is 4.98 Å². The van der Waals surface area contributed by atoms with Crippen LogP contribution in [0.5, 0.6) is 0 Å². The Morgan fingerprint density at radius 2 is 2.00 bits per heavy atom. The standard InChI is InChI=1S/C15H16ClFN2/c1-2-15(18,14-8-7-12(17)10-19-14)9-11-5-3-4-6-13(11)16/h3-8,10H,2,9,18H2,1H3. The van der Waals surface area contributed by atoms with Crippen LogP contribution in [0.15, 0.2) is 42.6 Å². The first-order chi connectivity index (χ1) is 9.05. The van der Waals surface area contributed by atoms with Gasteiger partial charge in [0.1, 0.15) is 5.82 Å². The van der Waals surface area contributed by atoms with E-state index in [4.69, 9.17) is 17.3 Å². The van der Waals surface area contributed by atoms with Gasteiger partial charge < -0.3 is 5.73 Å². The maximum atomic E-state index is 12.9. The lowest BCUT2D eigenvalue weighted by Crippen LogP contribution is -2.39. The molecule has 0 amide bonds. The second-order valence-corrected chi connectivity index (χ2v) is 5.05. The summed E-state index contributed by atoms with van der Waals surface area (Å²) in [6, 6.07) is 10.6. The third kappa shape index (κ3) is 3.11. The Kier molecular flexibility index (Phi) is 4.17. The maximum Gasteiger partial charge on any atom is 0.141 e. The molecule has 0 saturated heterocycles. The van der Waals surface area contributed by atoms with E-state index in [1.54, 1.807) is 6.07 Å². The molecular weight excluding hydrogens is 263 g/mol. The van der Waals surface area contributed by atoms with Gasteiger partial charge in [0.15, 0.2) is 0 Å². The summed E-state index contributed by atoms with van der Waals surface area (Å²) in [4.78, 5) is 4.10. The van der Waals surface area contributed by atoms with Crippen molar-refractivity contribution in [1.29, 1.82) is 0 Å². The molecule has 0 saturated carbocycles. The third-order valence-electron chi connectivity index (χ3n) is 3.33. The molecule has 0 radical (unpaired) electrons. The van der Waals surface area contributed by atoms with E-state index in [2.05, 4.69) is 4.98 Å². The minimum atomic E-state index is -0.640. The monoisotopic (exact) mass is 278 g/mol. The summed E-state index contributed by atoms with van der Waals surface area (Å²) in [5.74, 6) is -0.361. The Balaban J connectivity index is 2.33. The lowest BCUT2D eigenvalue weighted by atomic mass is 9.85. The van der Waals surface area contributed by atoms with Crippen LogP contribution in [0.3, 0.4) is 0 Å². The Morgan fingerprint density at radius 1 is 1.26 bits per heavy atom. The van der Waals surface area contributed by atoms with Crippen molar-refractivity contribution in [1.82, 2.24) is 4.98 Å². The highest BCUT2D eigenvalue weighted by atomic mass is 35.5. The fourth-order valence-corrected chi connectivity index (χ4v) is 2.25. The number of hydrogen-bond acceptors (Lipinski definition) is 2. The fourth-order valence-electron chi connectivity index (χ4n) is 2.05. The van der Waals surface area contributed by atoms with E-state index in [-0.39, 0.29) is 5.82 Å².